The normalized spacial score (nSPS) is 10.3. The maximum absolute atomic E-state index is 12.0. The largest absolute Gasteiger partial charge is 0.352 e. The van der Waals surface area contributed by atoms with Gasteiger partial charge in [-0.15, -0.1) is 11.3 Å². The molecule has 29 heavy (non-hydrogen) atoms. The van der Waals surface area contributed by atoms with Crippen LogP contribution in [-0.4, -0.2) is 18.5 Å². The van der Waals surface area contributed by atoms with Crippen LogP contribution >= 0.6 is 11.3 Å². The van der Waals surface area contributed by atoms with Crippen LogP contribution in [0.4, 0.5) is 4.79 Å². The molecule has 0 saturated heterocycles. The standard InChI is InChI=1S/C23H25N3O2S/c27-22(15-21-10-5-13-29-21)25-16-19-8-4-9-20(14-19)17-26-23(28)24-12-11-18-6-2-1-3-7-18/h1-10,13-14H,11-12,15-17H2,(H,25,27)(H2,24,26,28). The molecule has 1 heterocycles. The summed E-state index contributed by atoms with van der Waals surface area (Å²) in [5.74, 6) is 0.00812. The van der Waals surface area contributed by atoms with Gasteiger partial charge in [-0.2, -0.15) is 0 Å². The highest BCUT2D eigenvalue weighted by Gasteiger charge is 2.05. The summed E-state index contributed by atoms with van der Waals surface area (Å²) in [6.45, 7) is 1.50. The van der Waals surface area contributed by atoms with Crippen molar-refractivity contribution in [1.82, 2.24) is 16.0 Å². The van der Waals surface area contributed by atoms with Gasteiger partial charge in [0.1, 0.15) is 0 Å². The summed E-state index contributed by atoms with van der Waals surface area (Å²) in [5.41, 5.74) is 3.20. The molecule has 0 spiro atoms. The number of thiophene rings is 1. The molecule has 3 aromatic rings. The van der Waals surface area contributed by atoms with Gasteiger partial charge in [-0.1, -0.05) is 60.7 Å². The Morgan fingerprint density at radius 3 is 2.21 bits per heavy atom. The molecule has 5 nitrogen and oxygen atoms in total. The fraction of sp³-hybridized carbons (Fsp3) is 0.217. The van der Waals surface area contributed by atoms with E-state index in [4.69, 9.17) is 0 Å². The average Bonchev–Trinajstić information content (AvgIpc) is 3.25. The van der Waals surface area contributed by atoms with Crippen LogP contribution in [-0.2, 0) is 30.7 Å². The number of urea groups is 1. The average molecular weight is 408 g/mol. The van der Waals surface area contributed by atoms with Gasteiger partial charge in [0.2, 0.25) is 5.91 Å². The SMILES string of the molecule is O=C(Cc1cccs1)NCc1cccc(CNC(=O)NCCc2ccccc2)c1. The minimum absolute atomic E-state index is 0.00812. The second-order valence-electron chi connectivity index (χ2n) is 6.70. The van der Waals surface area contributed by atoms with Crippen molar-refractivity contribution in [2.24, 2.45) is 0 Å². The van der Waals surface area contributed by atoms with Crippen molar-refractivity contribution in [3.63, 3.8) is 0 Å². The zero-order chi connectivity index (χ0) is 20.3. The Balaban J connectivity index is 1.37. The van der Waals surface area contributed by atoms with Gasteiger partial charge in [0, 0.05) is 24.5 Å². The fourth-order valence-electron chi connectivity index (χ4n) is 2.89. The molecular weight excluding hydrogens is 382 g/mol. The number of amides is 3. The number of carbonyl (C=O) groups excluding carboxylic acids is 2. The first-order valence-electron chi connectivity index (χ1n) is 9.61. The predicted octanol–water partition coefficient (Wildman–Crippen LogP) is 3.65. The molecular formula is C23H25N3O2S. The lowest BCUT2D eigenvalue weighted by Gasteiger charge is -2.10. The third-order valence-corrected chi connectivity index (χ3v) is 5.27. The van der Waals surface area contributed by atoms with E-state index in [9.17, 15) is 9.59 Å². The molecule has 0 atom stereocenters. The lowest BCUT2D eigenvalue weighted by molar-refractivity contribution is -0.120. The Kier molecular flexibility index (Phi) is 7.83. The van der Waals surface area contributed by atoms with Crippen LogP contribution in [0.3, 0.4) is 0 Å². The third kappa shape index (κ3) is 7.43. The van der Waals surface area contributed by atoms with Crippen molar-refractivity contribution < 1.29 is 9.59 Å². The van der Waals surface area contributed by atoms with E-state index < -0.39 is 0 Å². The van der Waals surface area contributed by atoms with E-state index in [-0.39, 0.29) is 11.9 Å². The Morgan fingerprint density at radius 1 is 0.759 bits per heavy atom. The highest BCUT2D eigenvalue weighted by atomic mass is 32.1. The van der Waals surface area contributed by atoms with E-state index in [1.54, 1.807) is 11.3 Å². The van der Waals surface area contributed by atoms with Gasteiger partial charge in [0.25, 0.3) is 0 Å². The molecule has 3 amide bonds. The number of hydrogen-bond acceptors (Lipinski definition) is 3. The first kappa shape index (κ1) is 20.6. The summed E-state index contributed by atoms with van der Waals surface area (Å²) in [7, 11) is 0. The van der Waals surface area contributed by atoms with Crippen molar-refractivity contribution in [2.45, 2.75) is 25.9 Å². The molecule has 0 aliphatic rings. The second-order valence-corrected chi connectivity index (χ2v) is 7.73. The summed E-state index contributed by atoms with van der Waals surface area (Å²) in [4.78, 5) is 25.1. The van der Waals surface area contributed by atoms with Crippen molar-refractivity contribution in [3.8, 4) is 0 Å². The van der Waals surface area contributed by atoms with Crippen LogP contribution in [0.15, 0.2) is 72.1 Å². The summed E-state index contributed by atoms with van der Waals surface area (Å²) < 4.78 is 0. The van der Waals surface area contributed by atoms with Gasteiger partial charge < -0.3 is 16.0 Å². The summed E-state index contributed by atoms with van der Waals surface area (Å²) >= 11 is 1.58. The number of hydrogen-bond donors (Lipinski definition) is 3. The third-order valence-electron chi connectivity index (χ3n) is 4.39. The molecule has 0 unspecified atom stereocenters. The van der Waals surface area contributed by atoms with Gasteiger partial charge in [0.05, 0.1) is 6.42 Å². The van der Waals surface area contributed by atoms with Gasteiger partial charge in [-0.25, -0.2) is 4.79 Å². The molecule has 1 aromatic heterocycles. The minimum atomic E-state index is -0.185. The van der Waals surface area contributed by atoms with Gasteiger partial charge in [-0.3, -0.25) is 4.79 Å². The highest BCUT2D eigenvalue weighted by molar-refractivity contribution is 7.10. The Hall–Kier alpha value is -3.12. The Bertz CT molecular complexity index is 911. The molecule has 6 heteroatoms. The molecule has 0 aliphatic carbocycles. The monoisotopic (exact) mass is 407 g/mol. The highest BCUT2D eigenvalue weighted by Crippen LogP contribution is 2.09. The zero-order valence-electron chi connectivity index (χ0n) is 16.2. The molecule has 0 fully saturated rings. The Labute approximate surface area is 175 Å². The molecule has 0 aliphatic heterocycles. The molecule has 2 aromatic carbocycles. The lowest BCUT2D eigenvalue weighted by Crippen LogP contribution is -2.36. The quantitative estimate of drug-likeness (QED) is 0.507. The van der Waals surface area contributed by atoms with Crippen LogP contribution < -0.4 is 16.0 Å². The fourth-order valence-corrected chi connectivity index (χ4v) is 3.60. The zero-order valence-corrected chi connectivity index (χ0v) is 17.0. The summed E-state index contributed by atoms with van der Waals surface area (Å²) in [6, 6.07) is 21.6. The van der Waals surface area contributed by atoms with Crippen LogP contribution in [0, 0.1) is 0 Å². The van der Waals surface area contributed by atoms with E-state index in [2.05, 4.69) is 16.0 Å². The predicted molar refractivity (Wildman–Crippen MR) is 117 cm³/mol. The first-order valence-corrected chi connectivity index (χ1v) is 10.5. The second kappa shape index (κ2) is 11.0. The molecule has 0 radical (unpaired) electrons. The number of nitrogens with one attached hydrogen (secondary N) is 3. The van der Waals surface area contributed by atoms with Crippen molar-refractivity contribution in [1.29, 1.82) is 0 Å². The van der Waals surface area contributed by atoms with Crippen molar-refractivity contribution in [3.05, 3.63) is 93.7 Å². The molecule has 3 rings (SSSR count). The molecule has 150 valence electrons. The maximum Gasteiger partial charge on any atom is 0.315 e. The summed E-state index contributed by atoms with van der Waals surface area (Å²) in [5, 5.41) is 10.7. The van der Waals surface area contributed by atoms with E-state index >= 15 is 0 Å². The molecule has 0 bridgehead atoms. The van der Waals surface area contributed by atoms with E-state index in [0.29, 0.717) is 26.1 Å². The Morgan fingerprint density at radius 2 is 1.48 bits per heavy atom. The smallest absolute Gasteiger partial charge is 0.315 e. The van der Waals surface area contributed by atoms with Crippen LogP contribution in [0.1, 0.15) is 21.6 Å². The number of rotatable bonds is 9. The van der Waals surface area contributed by atoms with Crippen LogP contribution in [0.5, 0.6) is 0 Å². The van der Waals surface area contributed by atoms with Crippen molar-refractivity contribution >= 4 is 23.3 Å². The van der Waals surface area contributed by atoms with E-state index in [1.165, 1.54) is 5.56 Å². The molecule has 0 saturated carbocycles. The van der Waals surface area contributed by atoms with Gasteiger partial charge >= 0.3 is 6.03 Å². The van der Waals surface area contributed by atoms with E-state index in [1.807, 2.05) is 72.1 Å². The van der Waals surface area contributed by atoms with Crippen molar-refractivity contribution in [2.75, 3.05) is 6.54 Å². The minimum Gasteiger partial charge on any atom is -0.352 e. The van der Waals surface area contributed by atoms with Crippen LogP contribution in [0.25, 0.3) is 0 Å². The maximum atomic E-state index is 12.0. The molecule has 3 N–H and O–H groups in total. The summed E-state index contributed by atoms with van der Waals surface area (Å²) in [6.07, 6.45) is 1.21. The number of carbonyl (C=O) groups is 2. The lowest BCUT2D eigenvalue weighted by atomic mass is 10.1. The van der Waals surface area contributed by atoms with E-state index in [0.717, 1.165) is 22.4 Å². The van der Waals surface area contributed by atoms with Gasteiger partial charge in [0.15, 0.2) is 0 Å². The topological polar surface area (TPSA) is 70.2 Å². The van der Waals surface area contributed by atoms with Crippen LogP contribution in [0.2, 0.25) is 0 Å². The number of benzene rings is 2. The first-order chi connectivity index (χ1) is 14.2. The van der Waals surface area contributed by atoms with Gasteiger partial charge in [-0.05, 0) is 34.6 Å².